The second-order valence-electron chi connectivity index (χ2n) is 5.23. The van der Waals surface area contributed by atoms with Crippen molar-refractivity contribution in [2.45, 2.75) is 33.1 Å². The average Bonchev–Trinajstić information content (AvgIpc) is 2.22. The summed E-state index contributed by atoms with van der Waals surface area (Å²) in [4.78, 5) is 0. The quantitative estimate of drug-likeness (QED) is 0.815. The fourth-order valence-electron chi connectivity index (χ4n) is 2.34. The van der Waals surface area contributed by atoms with Gasteiger partial charge in [-0.2, -0.15) is 0 Å². The Labute approximate surface area is 98.2 Å². The van der Waals surface area contributed by atoms with Gasteiger partial charge in [0.2, 0.25) is 0 Å². The van der Waals surface area contributed by atoms with E-state index < -0.39 is 0 Å². The summed E-state index contributed by atoms with van der Waals surface area (Å²) < 4.78 is 0. The van der Waals surface area contributed by atoms with E-state index in [9.17, 15) is 0 Å². The van der Waals surface area contributed by atoms with Crippen LogP contribution in [0.4, 0.5) is 5.69 Å². The van der Waals surface area contributed by atoms with Crippen molar-refractivity contribution in [2.75, 3.05) is 18.4 Å². The molecule has 0 bridgehead atoms. The molecule has 0 saturated heterocycles. The zero-order valence-electron chi connectivity index (χ0n) is 10.3. The van der Waals surface area contributed by atoms with Crippen LogP contribution in [0.2, 0.25) is 0 Å². The molecule has 88 valence electrons. The van der Waals surface area contributed by atoms with Gasteiger partial charge in [0.05, 0.1) is 0 Å². The molecule has 1 aromatic carbocycles. The molecule has 0 heterocycles. The summed E-state index contributed by atoms with van der Waals surface area (Å²) in [6.45, 7) is 6.11. The molecule has 3 N–H and O–H groups in total. The third kappa shape index (κ3) is 2.22. The summed E-state index contributed by atoms with van der Waals surface area (Å²) >= 11 is 0. The molecule has 0 aliphatic heterocycles. The lowest BCUT2D eigenvalue weighted by Gasteiger charge is -2.41. The van der Waals surface area contributed by atoms with Crippen molar-refractivity contribution in [1.29, 1.82) is 0 Å². The maximum atomic E-state index is 5.86. The molecule has 0 spiro atoms. The van der Waals surface area contributed by atoms with Gasteiger partial charge in [0.1, 0.15) is 0 Å². The first kappa shape index (κ1) is 11.5. The highest BCUT2D eigenvalue weighted by Gasteiger charge is 2.35. The van der Waals surface area contributed by atoms with Gasteiger partial charge in [0, 0.05) is 12.2 Å². The Morgan fingerprint density at radius 2 is 2.06 bits per heavy atom. The summed E-state index contributed by atoms with van der Waals surface area (Å²) in [5, 5.41) is 3.57. The van der Waals surface area contributed by atoms with E-state index in [0.717, 1.165) is 13.1 Å². The lowest BCUT2D eigenvalue weighted by atomic mass is 9.69. The molecule has 1 aromatic rings. The van der Waals surface area contributed by atoms with Crippen molar-refractivity contribution >= 4 is 5.69 Å². The lowest BCUT2D eigenvalue weighted by Crippen LogP contribution is -2.43. The van der Waals surface area contributed by atoms with Gasteiger partial charge >= 0.3 is 0 Å². The lowest BCUT2D eigenvalue weighted by molar-refractivity contribution is 0.163. The molecule has 1 aliphatic rings. The Morgan fingerprint density at radius 3 is 2.62 bits per heavy atom. The van der Waals surface area contributed by atoms with Crippen molar-refractivity contribution in [3.8, 4) is 0 Å². The van der Waals surface area contributed by atoms with E-state index in [1.54, 1.807) is 0 Å². The van der Waals surface area contributed by atoms with Gasteiger partial charge in [-0.3, -0.25) is 0 Å². The molecular weight excluding hydrogens is 196 g/mol. The smallest absolute Gasteiger partial charge is 0.0372 e. The number of anilines is 1. The number of hydrogen-bond acceptors (Lipinski definition) is 2. The molecule has 0 radical (unpaired) electrons. The summed E-state index contributed by atoms with van der Waals surface area (Å²) in [7, 11) is 0. The standard InChI is InChI=1S/C14H22N2/c1-11-4-5-12(2)13(8-11)16-10-14(9-15)6-3-7-14/h4-5,8,16H,3,6-7,9-10,15H2,1-2H3. The molecule has 0 aromatic heterocycles. The van der Waals surface area contributed by atoms with Crippen molar-refractivity contribution in [2.24, 2.45) is 11.1 Å². The molecule has 2 rings (SSSR count). The predicted octanol–water partition coefficient (Wildman–Crippen LogP) is 2.84. The Bertz CT molecular complexity index is 361. The highest BCUT2D eigenvalue weighted by atomic mass is 14.9. The molecule has 1 fully saturated rings. The molecule has 0 atom stereocenters. The van der Waals surface area contributed by atoms with Crippen LogP contribution in [0.15, 0.2) is 18.2 Å². The second-order valence-corrected chi connectivity index (χ2v) is 5.23. The Balaban J connectivity index is 2.01. The Morgan fingerprint density at radius 1 is 1.31 bits per heavy atom. The van der Waals surface area contributed by atoms with E-state index in [1.165, 1.54) is 36.1 Å². The van der Waals surface area contributed by atoms with Crippen molar-refractivity contribution < 1.29 is 0 Å². The van der Waals surface area contributed by atoms with E-state index >= 15 is 0 Å². The van der Waals surface area contributed by atoms with E-state index in [4.69, 9.17) is 5.73 Å². The first-order valence-electron chi connectivity index (χ1n) is 6.16. The first-order chi connectivity index (χ1) is 7.65. The van der Waals surface area contributed by atoms with Gasteiger partial charge in [0.15, 0.2) is 0 Å². The number of nitrogens with two attached hydrogens (primary N) is 1. The Kier molecular flexibility index (Phi) is 3.20. The van der Waals surface area contributed by atoms with Crippen molar-refractivity contribution in [1.82, 2.24) is 0 Å². The minimum Gasteiger partial charge on any atom is -0.384 e. The highest BCUT2D eigenvalue weighted by Crippen LogP contribution is 2.40. The molecule has 1 aliphatic carbocycles. The van der Waals surface area contributed by atoms with Gasteiger partial charge in [-0.25, -0.2) is 0 Å². The minimum absolute atomic E-state index is 0.371. The maximum Gasteiger partial charge on any atom is 0.0372 e. The summed E-state index contributed by atoms with van der Waals surface area (Å²) in [6.07, 6.45) is 3.90. The minimum atomic E-state index is 0.371. The van der Waals surface area contributed by atoms with Crippen LogP contribution in [0, 0.1) is 19.3 Å². The average molecular weight is 218 g/mol. The summed E-state index contributed by atoms with van der Waals surface area (Å²) in [6, 6.07) is 6.55. The van der Waals surface area contributed by atoms with Crippen molar-refractivity contribution in [3.63, 3.8) is 0 Å². The number of nitrogens with one attached hydrogen (secondary N) is 1. The summed E-state index contributed by atoms with van der Waals surface area (Å²) in [5.74, 6) is 0. The number of rotatable bonds is 4. The van der Waals surface area contributed by atoms with E-state index in [1.807, 2.05) is 0 Å². The van der Waals surface area contributed by atoms with Crippen LogP contribution in [-0.4, -0.2) is 13.1 Å². The van der Waals surface area contributed by atoms with Crippen LogP contribution in [0.5, 0.6) is 0 Å². The molecular formula is C14H22N2. The fraction of sp³-hybridized carbons (Fsp3) is 0.571. The largest absolute Gasteiger partial charge is 0.384 e. The van der Waals surface area contributed by atoms with Gasteiger partial charge in [-0.05, 0) is 55.8 Å². The normalized spacial score (nSPS) is 17.9. The summed E-state index contributed by atoms with van der Waals surface area (Å²) in [5.41, 5.74) is 10.1. The van der Waals surface area contributed by atoms with Gasteiger partial charge in [0.25, 0.3) is 0 Å². The third-order valence-electron chi connectivity index (χ3n) is 3.89. The van der Waals surface area contributed by atoms with Crippen molar-refractivity contribution in [3.05, 3.63) is 29.3 Å². The molecule has 0 amide bonds. The van der Waals surface area contributed by atoms with Crippen LogP contribution >= 0.6 is 0 Å². The third-order valence-corrected chi connectivity index (χ3v) is 3.89. The van der Waals surface area contributed by atoms with Crippen LogP contribution in [0.1, 0.15) is 30.4 Å². The van der Waals surface area contributed by atoms with Gasteiger partial charge < -0.3 is 11.1 Å². The maximum absolute atomic E-state index is 5.86. The molecule has 1 saturated carbocycles. The van der Waals surface area contributed by atoms with E-state index in [2.05, 4.69) is 37.4 Å². The number of benzene rings is 1. The van der Waals surface area contributed by atoms with Crippen LogP contribution in [0.3, 0.4) is 0 Å². The number of hydrogen-bond donors (Lipinski definition) is 2. The molecule has 16 heavy (non-hydrogen) atoms. The zero-order valence-corrected chi connectivity index (χ0v) is 10.3. The SMILES string of the molecule is Cc1ccc(C)c(NCC2(CN)CCC2)c1. The molecule has 2 heteroatoms. The van der Waals surface area contributed by atoms with Crippen LogP contribution < -0.4 is 11.1 Å². The van der Waals surface area contributed by atoms with E-state index in [-0.39, 0.29) is 0 Å². The van der Waals surface area contributed by atoms with Gasteiger partial charge in [-0.1, -0.05) is 18.6 Å². The van der Waals surface area contributed by atoms with E-state index in [0.29, 0.717) is 5.41 Å². The number of aryl methyl sites for hydroxylation is 2. The predicted molar refractivity (Wildman–Crippen MR) is 69.7 cm³/mol. The highest BCUT2D eigenvalue weighted by molar-refractivity contribution is 5.52. The molecule has 0 unspecified atom stereocenters. The monoisotopic (exact) mass is 218 g/mol. The van der Waals surface area contributed by atoms with Crippen LogP contribution in [-0.2, 0) is 0 Å². The topological polar surface area (TPSA) is 38.0 Å². The second kappa shape index (κ2) is 4.46. The Hall–Kier alpha value is -1.02. The molecule has 2 nitrogen and oxygen atoms in total. The van der Waals surface area contributed by atoms with Crippen LogP contribution in [0.25, 0.3) is 0 Å². The first-order valence-corrected chi connectivity index (χ1v) is 6.16. The fourth-order valence-corrected chi connectivity index (χ4v) is 2.34. The van der Waals surface area contributed by atoms with Gasteiger partial charge in [-0.15, -0.1) is 0 Å². The zero-order chi connectivity index (χ0) is 11.6.